The van der Waals surface area contributed by atoms with Crippen molar-refractivity contribution in [2.75, 3.05) is 5.32 Å². The van der Waals surface area contributed by atoms with Gasteiger partial charge in [0.15, 0.2) is 0 Å². The number of hydrogen-bond donors (Lipinski definition) is 1. The van der Waals surface area contributed by atoms with Crippen LogP contribution in [0.4, 0.5) is 5.69 Å². The van der Waals surface area contributed by atoms with Gasteiger partial charge in [0, 0.05) is 40.7 Å². The average molecular weight is 428 g/mol. The third kappa shape index (κ3) is 4.08. The molecule has 0 aliphatic rings. The predicted octanol–water partition coefficient (Wildman–Crippen LogP) is 5.29. The minimum atomic E-state index is -0.912. The molecule has 0 unspecified atom stereocenters. The number of benzene rings is 2. The molecule has 1 N–H and O–H groups in total. The van der Waals surface area contributed by atoms with Gasteiger partial charge >= 0.3 is 5.91 Å². The Morgan fingerprint density at radius 3 is 2.28 bits per heavy atom. The quantitative estimate of drug-likeness (QED) is 0.538. The Morgan fingerprint density at radius 1 is 1.09 bits per heavy atom. The summed E-state index contributed by atoms with van der Waals surface area (Å²) in [5.41, 5.74) is 4.58. The van der Waals surface area contributed by atoms with Crippen LogP contribution in [-0.2, 0) is 18.3 Å². The van der Waals surface area contributed by atoms with Gasteiger partial charge in [-0.15, -0.1) is 4.91 Å². The Kier molecular flexibility index (Phi) is 6.64. The third-order valence-electron chi connectivity index (χ3n) is 5.44. The van der Waals surface area contributed by atoms with Gasteiger partial charge in [-0.1, -0.05) is 63.2 Å². The Morgan fingerprint density at radius 2 is 1.72 bits per heavy atom. The summed E-state index contributed by atoms with van der Waals surface area (Å²) in [5, 5.41) is 15.3. The van der Waals surface area contributed by atoms with E-state index in [-0.39, 0.29) is 17.5 Å². The van der Waals surface area contributed by atoms with Crippen molar-refractivity contribution in [1.82, 2.24) is 4.57 Å². The number of nitrogens with one attached hydrogen (secondary N) is 1. The molecule has 3 rings (SSSR count). The van der Waals surface area contributed by atoms with Gasteiger partial charge in [-0.2, -0.15) is 5.26 Å². The maximum absolute atomic E-state index is 12.3. The van der Waals surface area contributed by atoms with Crippen molar-refractivity contribution in [3.05, 3.63) is 70.4 Å². The van der Waals surface area contributed by atoms with E-state index in [1.165, 1.54) is 0 Å². The van der Waals surface area contributed by atoms with E-state index in [9.17, 15) is 19.8 Å². The summed E-state index contributed by atoms with van der Waals surface area (Å²) in [6, 6.07) is 17.0. The molecule has 1 aromatic heterocycles. The first-order chi connectivity index (χ1) is 15.3. The maximum atomic E-state index is 12.3. The zero-order chi connectivity index (χ0) is 23.4. The van der Waals surface area contributed by atoms with Crippen molar-refractivity contribution in [1.29, 1.82) is 5.26 Å². The molecule has 0 saturated carbocycles. The maximum Gasteiger partial charge on any atom is 0.333 e. The van der Waals surface area contributed by atoms with Gasteiger partial charge in [-0.25, -0.2) is 0 Å². The van der Waals surface area contributed by atoms with Crippen molar-refractivity contribution in [3.8, 4) is 28.3 Å². The zero-order valence-corrected chi connectivity index (χ0v) is 18.5. The van der Waals surface area contributed by atoms with Crippen LogP contribution in [0.25, 0.3) is 22.3 Å². The van der Waals surface area contributed by atoms with E-state index in [1.54, 1.807) is 23.7 Å². The first kappa shape index (κ1) is 22.6. The van der Waals surface area contributed by atoms with Gasteiger partial charge in [0.2, 0.25) is 5.91 Å². The summed E-state index contributed by atoms with van der Waals surface area (Å²) in [5.74, 6) is -1.14. The van der Waals surface area contributed by atoms with Crippen LogP contribution in [0.2, 0.25) is 0 Å². The SMILES string of the molecule is CCc1c(C#N)c(-c2ccc(-c3ccccc3NC(=O)C(C)C)cc2)c(C(=O)N=O)n1C. The number of anilines is 1. The van der Waals surface area contributed by atoms with E-state index in [0.29, 0.717) is 34.5 Å². The number of aromatic nitrogens is 1. The van der Waals surface area contributed by atoms with Crippen molar-refractivity contribution in [2.24, 2.45) is 18.1 Å². The van der Waals surface area contributed by atoms with Gasteiger partial charge < -0.3 is 9.88 Å². The lowest BCUT2D eigenvalue weighted by atomic mass is 9.96. The Balaban J connectivity index is 2.11. The molecular weight excluding hydrogens is 404 g/mol. The molecule has 1 heterocycles. The number of carbonyl (C=O) groups is 2. The van der Waals surface area contributed by atoms with E-state index in [0.717, 1.165) is 11.1 Å². The fourth-order valence-electron chi connectivity index (χ4n) is 3.78. The molecule has 0 atom stereocenters. The number of nitrogens with zero attached hydrogens (tertiary/aromatic N) is 3. The smallest absolute Gasteiger partial charge is 0.333 e. The number of carbonyl (C=O) groups excluding carboxylic acids is 2. The number of amides is 2. The average Bonchev–Trinajstić information content (AvgIpc) is 3.10. The van der Waals surface area contributed by atoms with E-state index in [1.807, 2.05) is 57.2 Å². The lowest BCUT2D eigenvalue weighted by Gasteiger charge is -2.13. The second-order valence-corrected chi connectivity index (χ2v) is 7.73. The fraction of sp³-hybridized carbons (Fsp3) is 0.240. The summed E-state index contributed by atoms with van der Waals surface area (Å²) in [6.07, 6.45) is 0.527. The summed E-state index contributed by atoms with van der Waals surface area (Å²) in [7, 11) is 1.66. The molecule has 0 aliphatic carbocycles. The van der Waals surface area contributed by atoms with Crippen LogP contribution in [0, 0.1) is 22.2 Å². The second kappa shape index (κ2) is 9.40. The molecule has 0 bridgehead atoms. The fourth-order valence-corrected chi connectivity index (χ4v) is 3.78. The minimum absolute atomic E-state index is 0.0753. The molecule has 7 nitrogen and oxygen atoms in total. The first-order valence-electron chi connectivity index (χ1n) is 10.3. The van der Waals surface area contributed by atoms with Crippen LogP contribution in [0.1, 0.15) is 42.5 Å². The summed E-state index contributed by atoms with van der Waals surface area (Å²) in [4.78, 5) is 35.5. The Hall–Kier alpha value is -4.05. The van der Waals surface area contributed by atoms with Crippen molar-refractivity contribution < 1.29 is 9.59 Å². The number of nitroso groups, excluding NO2 is 1. The monoisotopic (exact) mass is 428 g/mol. The lowest BCUT2D eigenvalue weighted by Crippen LogP contribution is -2.18. The third-order valence-corrected chi connectivity index (χ3v) is 5.44. The largest absolute Gasteiger partial charge is 0.342 e. The molecule has 0 aliphatic heterocycles. The van der Waals surface area contributed by atoms with Crippen molar-refractivity contribution in [3.63, 3.8) is 0 Å². The molecule has 162 valence electrons. The topological polar surface area (TPSA) is 104 Å². The molecule has 0 radical (unpaired) electrons. The number of rotatable bonds is 6. The van der Waals surface area contributed by atoms with Crippen LogP contribution >= 0.6 is 0 Å². The Labute approximate surface area is 186 Å². The number of nitriles is 1. The van der Waals surface area contributed by atoms with E-state index < -0.39 is 5.91 Å². The molecule has 3 aromatic rings. The van der Waals surface area contributed by atoms with Gasteiger partial charge in [0.05, 0.1) is 5.56 Å². The number of para-hydroxylation sites is 1. The lowest BCUT2D eigenvalue weighted by molar-refractivity contribution is -0.118. The summed E-state index contributed by atoms with van der Waals surface area (Å²) in [6.45, 7) is 5.54. The van der Waals surface area contributed by atoms with Crippen molar-refractivity contribution in [2.45, 2.75) is 27.2 Å². The predicted molar refractivity (Wildman–Crippen MR) is 124 cm³/mol. The minimum Gasteiger partial charge on any atom is -0.342 e. The second-order valence-electron chi connectivity index (χ2n) is 7.73. The van der Waals surface area contributed by atoms with Gasteiger partial charge in [0.25, 0.3) is 0 Å². The van der Waals surface area contributed by atoms with E-state index in [2.05, 4.69) is 16.6 Å². The van der Waals surface area contributed by atoms with Crippen LogP contribution in [0.15, 0.2) is 53.7 Å². The van der Waals surface area contributed by atoms with Crippen LogP contribution in [0.5, 0.6) is 0 Å². The molecule has 32 heavy (non-hydrogen) atoms. The first-order valence-corrected chi connectivity index (χ1v) is 10.3. The van der Waals surface area contributed by atoms with Crippen LogP contribution < -0.4 is 5.32 Å². The standard InChI is InChI=1S/C25H24N4O3/c1-5-21-19(14-26)22(23(29(21)4)25(31)28-32)17-12-10-16(11-13-17)18-8-6-7-9-20(18)27-24(30)15(2)3/h6-13,15H,5H2,1-4H3,(H,27,30). The summed E-state index contributed by atoms with van der Waals surface area (Å²) >= 11 is 0. The molecule has 7 heteroatoms. The molecule has 2 amide bonds. The highest BCUT2D eigenvalue weighted by atomic mass is 16.3. The molecule has 0 fully saturated rings. The van der Waals surface area contributed by atoms with E-state index >= 15 is 0 Å². The normalized spacial score (nSPS) is 10.6. The van der Waals surface area contributed by atoms with E-state index in [4.69, 9.17) is 0 Å². The molecular formula is C25H24N4O3. The summed E-state index contributed by atoms with van der Waals surface area (Å²) < 4.78 is 1.57. The highest BCUT2D eigenvalue weighted by molar-refractivity contribution is 6.02. The highest BCUT2D eigenvalue weighted by Gasteiger charge is 2.26. The van der Waals surface area contributed by atoms with Crippen LogP contribution in [0.3, 0.4) is 0 Å². The van der Waals surface area contributed by atoms with Crippen molar-refractivity contribution >= 4 is 17.5 Å². The highest BCUT2D eigenvalue weighted by Crippen LogP contribution is 2.35. The van der Waals surface area contributed by atoms with Gasteiger partial charge in [-0.05, 0) is 23.6 Å². The molecule has 0 spiro atoms. The zero-order valence-electron chi connectivity index (χ0n) is 18.5. The van der Waals surface area contributed by atoms with Crippen LogP contribution in [-0.4, -0.2) is 16.4 Å². The number of hydrogen-bond acceptors (Lipinski definition) is 4. The molecule has 2 aromatic carbocycles. The van der Waals surface area contributed by atoms with Gasteiger partial charge in [0.1, 0.15) is 11.8 Å². The Bertz CT molecular complexity index is 1230. The molecule has 0 saturated heterocycles. The van der Waals surface area contributed by atoms with Gasteiger partial charge in [-0.3, -0.25) is 9.59 Å².